The number of hydrogen-bond acceptors (Lipinski definition) is 4. The summed E-state index contributed by atoms with van der Waals surface area (Å²) in [6.45, 7) is 4.93. The number of nitrogens with zero attached hydrogens (tertiary/aromatic N) is 3. The fourth-order valence-corrected chi connectivity index (χ4v) is 3.86. The van der Waals surface area contributed by atoms with Gasteiger partial charge in [-0.1, -0.05) is 24.3 Å². The van der Waals surface area contributed by atoms with Crippen LogP contribution in [0.2, 0.25) is 0 Å². The molecule has 1 aliphatic rings. The number of ether oxygens (including phenoxy) is 1. The molecule has 0 saturated carbocycles. The molecular weight excluding hydrogens is 402 g/mol. The summed E-state index contributed by atoms with van der Waals surface area (Å²) in [6, 6.07) is 16.5. The van der Waals surface area contributed by atoms with Crippen molar-refractivity contribution in [1.82, 2.24) is 15.5 Å². The van der Waals surface area contributed by atoms with E-state index in [0.29, 0.717) is 19.5 Å². The third-order valence-electron chi connectivity index (χ3n) is 5.65. The van der Waals surface area contributed by atoms with Gasteiger partial charge in [0.2, 0.25) is 5.91 Å². The van der Waals surface area contributed by atoms with E-state index in [2.05, 4.69) is 48.7 Å². The van der Waals surface area contributed by atoms with Crippen LogP contribution in [0.15, 0.2) is 53.5 Å². The molecular formula is C25H35N5O2. The molecule has 172 valence electrons. The van der Waals surface area contributed by atoms with Crippen LogP contribution in [0.4, 0.5) is 5.69 Å². The van der Waals surface area contributed by atoms with Crippen molar-refractivity contribution >= 4 is 17.6 Å². The molecule has 3 rings (SSSR count). The van der Waals surface area contributed by atoms with Crippen molar-refractivity contribution in [3.63, 3.8) is 0 Å². The van der Waals surface area contributed by atoms with Crippen molar-refractivity contribution < 1.29 is 9.53 Å². The number of carbonyl (C=O) groups is 1. The van der Waals surface area contributed by atoms with Crippen LogP contribution >= 0.6 is 0 Å². The minimum atomic E-state index is 0.172. The summed E-state index contributed by atoms with van der Waals surface area (Å²) in [5.74, 6) is 1.84. The number of anilines is 1. The largest absolute Gasteiger partial charge is 0.497 e. The van der Waals surface area contributed by atoms with Gasteiger partial charge in [-0.05, 0) is 62.8 Å². The van der Waals surface area contributed by atoms with Crippen LogP contribution < -0.4 is 20.3 Å². The summed E-state index contributed by atoms with van der Waals surface area (Å²) in [5.41, 5.74) is 3.26. The fourth-order valence-electron chi connectivity index (χ4n) is 3.86. The Bertz CT molecular complexity index is 911. The van der Waals surface area contributed by atoms with E-state index in [0.717, 1.165) is 42.5 Å². The van der Waals surface area contributed by atoms with Gasteiger partial charge >= 0.3 is 0 Å². The van der Waals surface area contributed by atoms with Gasteiger partial charge < -0.3 is 25.2 Å². The molecule has 0 bridgehead atoms. The van der Waals surface area contributed by atoms with Crippen LogP contribution in [0.3, 0.4) is 0 Å². The van der Waals surface area contributed by atoms with Crippen LogP contribution in [0.25, 0.3) is 0 Å². The number of rotatable bonds is 9. The molecule has 1 fully saturated rings. The molecule has 2 aromatic carbocycles. The van der Waals surface area contributed by atoms with Gasteiger partial charge in [0.25, 0.3) is 0 Å². The fraction of sp³-hybridized carbons (Fsp3) is 0.440. The molecule has 32 heavy (non-hydrogen) atoms. The molecule has 1 atom stereocenters. The van der Waals surface area contributed by atoms with Crippen molar-refractivity contribution in [1.29, 1.82) is 0 Å². The van der Waals surface area contributed by atoms with E-state index in [4.69, 9.17) is 9.73 Å². The molecule has 1 aliphatic heterocycles. The van der Waals surface area contributed by atoms with Gasteiger partial charge in [0.15, 0.2) is 5.96 Å². The standard InChI is InChI=1S/C25H35N5O2/c1-5-26-25(28-18-23(29(2)3)20-8-6-9-22(16-20)32-4)27-17-19-11-13-21(14-12-19)30-15-7-10-24(30)31/h6,8-9,11-14,16,23H,5,7,10,15,17-18H2,1-4H3,(H2,26,27,28). The quantitative estimate of drug-likeness (QED) is 0.466. The predicted molar refractivity (Wildman–Crippen MR) is 130 cm³/mol. The molecule has 2 N–H and O–H groups in total. The van der Waals surface area contributed by atoms with Gasteiger partial charge in [-0.3, -0.25) is 4.79 Å². The van der Waals surface area contributed by atoms with Gasteiger partial charge in [-0.15, -0.1) is 0 Å². The topological polar surface area (TPSA) is 69.2 Å². The Kier molecular flexibility index (Phi) is 8.50. The van der Waals surface area contributed by atoms with E-state index in [9.17, 15) is 4.79 Å². The molecule has 1 unspecified atom stereocenters. The van der Waals surface area contributed by atoms with Crippen LogP contribution in [0.5, 0.6) is 5.75 Å². The SMILES string of the molecule is CCNC(=NCc1ccc(N2CCCC2=O)cc1)NCC(c1cccc(OC)c1)N(C)C. The lowest BCUT2D eigenvalue weighted by Gasteiger charge is -2.26. The average Bonchev–Trinajstić information content (AvgIpc) is 3.23. The van der Waals surface area contributed by atoms with Crippen molar-refractivity contribution in [3.8, 4) is 5.75 Å². The van der Waals surface area contributed by atoms with Gasteiger partial charge in [0.1, 0.15) is 5.75 Å². The van der Waals surface area contributed by atoms with Crippen LogP contribution in [-0.2, 0) is 11.3 Å². The molecule has 7 heteroatoms. The smallest absolute Gasteiger partial charge is 0.227 e. The maximum atomic E-state index is 11.9. The van der Waals surface area contributed by atoms with Gasteiger partial charge in [-0.2, -0.15) is 0 Å². The van der Waals surface area contributed by atoms with Crippen molar-refractivity contribution in [3.05, 3.63) is 59.7 Å². The number of aliphatic imine (C=N–C) groups is 1. The highest BCUT2D eigenvalue weighted by molar-refractivity contribution is 5.95. The lowest BCUT2D eigenvalue weighted by Crippen LogP contribution is -2.41. The van der Waals surface area contributed by atoms with E-state index in [1.807, 2.05) is 41.3 Å². The molecule has 2 aromatic rings. The Morgan fingerprint density at radius 3 is 2.59 bits per heavy atom. The van der Waals surface area contributed by atoms with Crippen LogP contribution in [0.1, 0.15) is 36.9 Å². The Morgan fingerprint density at radius 1 is 1.19 bits per heavy atom. The Morgan fingerprint density at radius 2 is 1.97 bits per heavy atom. The lowest BCUT2D eigenvalue weighted by atomic mass is 10.1. The first-order valence-corrected chi connectivity index (χ1v) is 11.2. The van der Waals surface area contributed by atoms with E-state index in [1.54, 1.807) is 7.11 Å². The van der Waals surface area contributed by atoms with E-state index >= 15 is 0 Å². The highest BCUT2D eigenvalue weighted by atomic mass is 16.5. The first-order valence-electron chi connectivity index (χ1n) is 11.2. The first kappa shape index (κ1) is 23.6. The molecule has 1 heterocycles. The normalized spacial score (nSPS) is 15.2. The zero-order chi connectivity index (χ0) is 22.9. The Balaban J connectivity index is 1.64. The molecule has 0 spiro atoms. The summed E-state index contributed by atoms with van der Waals surface area (Å²) in [5, 5.41) is 6.80. The first-order chi connectivity index (χ1) is 15.5. The molecule has 0 aromatic heterocycles. The second-order valence-corrected chi connectivity index (χ2v) is 8.15. The van der Waals surface area contributed by atoms with Gasteiger partial charge in [0.05, 0.1) is 19.7 Å². The number of hydrogen-bond donors (Lipinski definition) is 2. The zero-order valence-corrected chi connectivity index (χ0v) is 19.6. The second-order valence-electron chi connectivity index (χ2n) is 8.15. The third-order valence-corrected chi connectivity index (χ3v) is 5.65. The van der Waals surface area contributed by atoms with E-state index < -0.39 is 0 Å². The molecule has 1 amide bonds. The number of likely N-dealkylation sites (N-methyl/N-ethyl adjacent to an activating group) is 1. The summed E-state index contributed by atoms with van der Waals surface area (Å²) in [6.07, 6.45) is 1.58. The second kappa shape index (κ2) is 11.5. The average molecular weight is 438 g/mol. The Labute approximate surface area is 191 Å². The number of benzene rings is 2. The maximum Gasteiger partial charge on any atom is 0.227 e. The predicted octanol–water partition coefficient (Wildman–Crippen LogP) is 3.18. The van der Waals surface area contributed by atoms with Gasteiger partial charge in [-0.25, -0.2) is 4.99 Å². The highest BCUT2D eigenvalue weighted by Crippen LogP contribution is 2.23. The number of amides is 1. The number of nitrogens with one attached hydrogen (secondary N) is 2. The lowest BCUT2D eigenvalue weighted by molar-refractivity contribution is -0.117. The summed E-state index contributed by atoms with van der Waals surface area (Å²) in [4.78, 5) is 20.7. The number of carbonyl (C=O) groups excluding carboxylic acids is 1. The van der Waals surface area contributed by atoms with Gasteiger partial charge in [0, 0.05) is 31.7 Å². The summed E-state index contributed by atoms with van der Waals surface area (Å²) >= 11 is 0. The molecule has 0 radical (unpaired) electrons. The highest BCUT2D eigenvalue weighted by Gasteiger charge is 2.21. The molecule has 0 aliphatic carbocycles. The van der Waals surface area contributed by atoms with Crippen LogP contribution in [0, 0.1) is 0 Å². The van der Waals surface area contributed by atoms with E-state index in [-0.39, 0.29) is 11.9 Å². The van der Waals surface area contributed by atoms with Crippen molar-refractivity contribution in [2.24, 2.45) is 4.99 Å². The molecule has 7 nitrogen and oxygen atoms in total. The monoisotopic (exact) mass is 437 g/mol. The minimum Gasteiger partial charge on any atom is -0.497 e. The van der Waals surface area contributed by atoms with Crippen molar-refractivity contribution in [2.75, 3.05) is 45.7 Å². The number of methoxy groups -OCH3 is 1. The number of guanidine groups is 1. The summed E-state index contributed by atoms with van der Waals surface area (Å²) < 4.78 is 5.39. The zero-order valence-electron chi connectivity index (χ0n) is 19.6. The Hall–Kier alpha value is -3.06. The van der Waals surface area contributed by atoms with Crippen molar-refractivity contribution in [2.45, 2.75) is 32.4 Å². The van der Waals surface area contributed by atoms with Crippen LogP contribution in [-0.4, -0.2) is 57.6 Å². The van der Waals surface area contributed by atoms with E-state index in [1.165, 1.54) is 5.56 Å². The maximum absolute atomic E-state index is 11.9. The summed E-state index contributed by atoms with van der Waals surface area (Å²) in [7, 11) is 5.83. The molecule has 1 saturated heterocycles. The minimum absolute atomic E-state index is 0.172. The third kappa shape index (κ3) is 6.23.